The van der Waals surface area contributed by atoms with Crippen LogP contribution in [0.2, 0.25) is 5.02 Å². The van der Waals surface area contributed by atoms with E-state index in [0.717, 1.165) is 10.9 Å². The second kappa shape index (κ2) is 5.30. The van der Waals surface area contributed by atoms with Crippen molar-refractivity contribution in [3.05, 3.63) is 59.1 Å². The number of hydrogen-bond donors (Lipinski definition) is 0. The summed E-state index contributed by atoms with van der Waals surface area (Å²) < 4.78 is 12.3. The molecule has 0 spiro atoms. The zero-order valence-electron chi connectivity index (χ0n) is 11.7. The zero-order chi connectivity index (χ0) is 15.0. The van der Waals surface area contributed by atoms with Gasteiger partial charge in [-0.1, -0.05) is 17.7 Å². The van der Waals surface area contributed by atoms with Crippen LogP contribution in [0.5, 0.6) is 0 Å². The van der Waals surface area contributed by atoms with Crippen molar-refractivity contribution >= 4 is 28.5 Å². The highest BCUT2D eigenvalue weighted by molar-refractivity contribution is 6.35. The highest BCUT2D eigenvalue weighted by Gasteiger charge is 2.18. The molecule has 0 aliphatic rings. The number of esters is 1. The molecule has 2 heterocycles. The lowest BCUT2D eigenvalue weighted by molar-refractivity contribution is 0.0562. The molecule has 3 aromatic rings. The van der Waals surface area contributed by atoms with Crippen LogP contribution in [0.3, 0.4) is 0 Å². The average Bonchev–Trinajstić information content (AvgIpc) is 3.13. The summed E-state index contributed by atoms with van der Waals surface area (Å²) >= 11 is 6.19. The monoisotopic (exact) mass is 303 g/mol. The number of carbonyl (C=O) groups is 1. The van der Waals surface area contributed by atoms with E-state index >= 15 is 0 Å². The lowest BCUT2D eigenvalue weighted by Crippen LogP contribution is -2.04. The van der Waals surface area contributed by atoms with Crippen molar-refractivity contribution in [1.29, 1.82) is 0 Å². The molecular weight excluding hydrogens is 290 g/mol. The first kappa shape index (κ1) is 13.8. The quantitative estimate of drug-likeness (QED) is 0.678. The third-order valence-corrected chi connectivity index (χ3v) is 3.88. The molecule has 0 bridgehead atoms. The van der Waals surface area contributed by atoms with Gasteiger partial charge in [-0.2, -0.15) is 0 Å². The Morgan fingerprint density at radius 3 is 2.86 bits per heavy atom. The Labute approximate surface area is 126 Å². The lowest BCUT2D eigenvalue weighted by atomic mass is 10.2. The molecule has 0 aliphatic heterocycles. The largest absolute Gasteiger partial charge is 0.463 e. The number of halogens is 1. The van der Waals surface area contributed by atoms with Crippen LogP contribution in [0.4, 0.5) is 0 Å². The minimum absolute atomic E-state index is 0.0561. The van der Waals surface area contributed by atoms with Gasteiger partial charge in [-0.05, 0) is 37.3 Å². The molecule has 108 valence electrons. The van der Waals surface area contributed by atoms with Crippen molar-refractivity contribution in [3.63, 3.8) is 0 Å². The van der Waals surface area contributed by atoms with E-state index in [1.54, 1.807) is 12.1 Å². The maximum atomic E-state index is 11.5. The standard InChI is InChI=1S/C16H14ClNO3/c1-10(14-6-7-15(21-14)16(19)20-2)18-9-8-11-12(17)4-3-5-13(11)18/h3-10H,1-2H3. The molecule has 0 saturated carbocycles. The van der Waals surface area contributed by atoms with Crippen LogP contribution in [0.25, 0.3) is 10.9 Å². The molecule has 3 rings (SSSR count). The van der Waals surface area contributed by atoms with Crippen molar-refractivity contribution in [2.45, 2.75) is 13.0 Å². The summed E-state index contributed by atoms with van der Waals surface area (Å²) in [5, 5.41) is 1.71. The normalized spacial score (nSPS) is 12.5. The molecule has 21 heavy (non-hydrogen) atoms. The number of fused-ring (bicyclic) bond motifs is 1. The molecule has 4 nitrogen and oxygen atoms in total. The van der Waals surface area contributed by atoms with Crippen LogP contribution >= 0.6 is 11.6 Å². The molecule has 0 amide bonds. The molecule has 0 fully saturated rings. The van der Waals surface area contributed by atoms with E-state index < -0.39 is 5.97 Å². The van der Waals surface area contributed by atoms with E-state index in [1.807, 2.05) is 37.4 Å². The van der Waals surface area contributed by atoms with E-state index in [4.69, 9.17) is 16.0 Å². The summed E-state index contributed by atoms with van der Waals surface area (Å²) in [7, 11) is 1.33. The van der Waals surface area contributed by atoms with Gasteiger partial charge in [0, 0.05) is 16.6 Å². The lowest BCUT2D eigenvalue weighted by Gasteiger charge is -2.13. The molecule has 1 aromatic carbocycles. The van der Waals surface area contributed by atoms with E-state index in [-0.39, 0.29) is 11.8 Å². The van der Waals surface area contributed by atoms with Crippen molar-refractivity contribution in [2.75, 3.05) is 7.11 Å². The van der Waals surface area contributed by atoms with Crippen LogP contribution < -0.4 is 0 Å². The molecule has 5 heteroatoms. The summed E-state index contributed by atoms with van der Waals surface area (Å²) in [6.07, 6.45) is 1.96. The predicted molar refractivity (Wildman–Crippen MR) is 80.8 cm³/mol. The van der Waals surface area contributed by atoms with Crippen LogP contribution in [-0.2, 0) is 4.74 Å². The van der Waals surface area contributed by atoms with Crippen molar-refractivity contribution in [2.24, 2.45) is 0 Å². The fourth-order valence-electron chi connectivity index (χ4n) is 2.41. The Morgan fingerprint density at radius 1 is 1.29 bits per heavy atom. The Hall–Kier alpha value is -2.20. The van der Waals surface area contributed by atoms with Crippen LogP contribution in [0.1, 0.15) is 29.3 Å². The molecule has 2 aromatic heterocycles. The molecule has 1 unspecified atom stereocenters. The highest BCUT2D eigenvalue weighted by Crippen LogP contribution is 2.29. The van der Waals surface area contributed by atoms with Gasteiger partial charge in [0.25, 0.3) is 0 Å². The molecule has 0 saturated heterocycles. The molecule has 0 N–H and O–H groups in total. The van der Waals surface area contributed by atoms with Gasteiger partial charge in [0.15, 0.2) is 0 Å². The van der Waals surface area contributed by atoms with E-state index in [1.165, 1.54) is 7.11 Å². The smallest absolute Gasteiger partial charge is 0.373 e. The van der Waals surface area contributed by atoms with Gasteiger partial charge < -0.3 is 13.7 Å². The number of methoxy groups -OCH3 is 1. The van der Waals surface area contributed by atoms with Crippen molar-refractivity contribution in [1.82, 2.24) is 4.57 Å². The van der Waals surface area contributed by atoms with Crippen molar-refractivity contribution < 1.29 is 13.9 Å². The van der Waals surface area contributed by atoms with Gasteiger partial charge in [-0.3, -0.25) is 0 Å². The van der Waals surface area contributed by atoms with Gasteiger partial charge in [0.05, 0.1) is 18.7 Å². The Bertz CT molecular complexity index is 803. The number of hydrogen-bond acceptors (Lipinski definition) is 3. The van der Waals surface area contributed by atoms with E-state index in [0.29, 0.717) is 10.8 Å². The average molecular weight is 304 g/mol. The Kier molecular flexibility index (Phi) is 3.47. The van der Waals surface area contributed by atoms with Crippen LogP contribution in [-0.4, -0.2) is 17.6 Å². The van der Waals surface area contributed by atoms with Gasteiger partial charge in [0.1, 0.15) is 5.76 Å². The molecular formula is C16H14ClNO3. The minimum atomic E-state index is -0.478. The Balaban J connectivity index is 2.00. The third-order valence-electron chi connectivity index (χ3n) is 3.55. The zero-order valence-corrected chi connectivity index (χ0v) is 12.4. The van der Waals surface area contributed by atoms with Crippen LogP contribution in [0, 0.1) is 0 Å². The third kappa shape index (κ3) is 2.32. The first-order chi connectivity index (χ1) is 10.1. The first-order valence-corrected chi connectivity index (χ1v) is 6.92. The molecule has 1 atom stereocenters. The Morgan fingerprint density at radius 2 is 2.10 bits per heavy atom. The van der Waals surface area contributed by atoms with E-state index in [2.05, 4.69) is 9.30 Å². The number of carbonyl (C=O) groups excluding carboxylic acids is 1. The number of benzene rings is 1. The van der Waals surface area contributed by atoms with E-state index in [9.17, 15) is 4.79 Å². The fourth-order valence-corrected chi connectivity index (χ4v) is 2.65. The minimum Gasteiger partial charge on any atom is -0.463 e. The van der Waals surface area contributed by atoms with Crippen LogP contribution in [0.15, 0.2) is 47.0 Å². The maximum absolute atomic E-state index is 11.5. The van der Waals surface area contributed by atoms with Gasteiger partial charge in [0.2, 0.25) is 5.76 Å². The van der Waals surface area contributed by atoms with Gasteiger partial charge in [-0.25, -0.2) is 4.79 Å². The number of rotatable bonds is 3. The number of aromatic nitrogens is 1. The van der Waals surface area contributed by atoms with Gasteiger partial charge >= 0.3 is 5.97 Å². The van der Waals surface area contributed by atoms with Crippen molar-refractivity contribution in [3.8, 4) is 0 Å². The number of furan rings is 1. The maximum Gasteiger partial charge on any atom is 0.373 e. The topological polar surface area (TPSA) is 44.4 Å². The number of nitrogens with zero attached hydrogens (tertiary/aromatic N) is 1. The second-order valence-corrected chi connectivity index (χ2v) is 5.17. The summed E-state index contributed by atoms with van der Waals surface area (Å²) in [4.78, 5) is 11.5. The predicted octanol–water partition coefficient (Wildman–Crippen LogP) is 4.28. The fraction of sp³-hybridized carbons (Fsp3) is 0.188. The first-order valence-electron chi connectivity index (χ1n) is 6.55. The highest BCUT2D eigenvalue weighted by atomic mass is 35.5. The summed E-state index contributed by atoms with van der Waals surface area (Å²) in [5.74, 6) is 0.413. The summed E-state index contributed by atoms with van der Waals surface area (Å²) in [6.45, 7) is 2.00. The molecule has 0 aliphatic carbocycles. The second-order valence-electron chi connectivity index (χ2n) is 4.77. The molecule has 0 radical (unpaired) electrons. The summed E-state index contributed by atoms with van der Waals surface area (Å²) in [5.41, 5.74) is 1.02. The SMILES string of the molecule is COC(=O)c1ccc(C(C)n2ccc3c(Cl)cccc32)o1. The summed E-state index contributed by atoms with van der Waals surface area (Å²) in [6, 6.07) is 11.1. The number of ether oxygens (including phenoxy) is 1. The van der Waals surface area contributed by atoms with Gasteiger partial charge in [-0.15, -0.1) is 0 Å².